The molecule has 0 atom stereocenters. The Kier molecular flexibility index (Phi) is 7.24. The Morgan fingerprint density at radius 1 is 1.10 bits per heavy atom. The number of nitrogens with one attached hydrogen (secondary N) is 1. The predicted molar refractivity (Wildman–Crippen MR) is 115 cm³/mol. The smallest absolute Gasteiger partial charge is 0.332 e. The second kappa shape index (κ2) is 10.1. The Bertz CT molecular complexity index is 1160. The second-order valence-electron chi connectivity index (χ2n) is 7.18. The van der Waals surface area contributed by atoms with Crippen molar-refractivity contribution in [1.82, 2.24) is 24.0 Å². The van der Waals surface area contributed by atoms with Gasteiger partial charge < -0.3 is 19.4 Å². The minimum absolute atomic E-state index is 0.0786. The van der Waals surface area contributed by atoms with Crippen LogP contribution in [0.15, 0.2) is 40.2 Å². The second-order valence-corrected chi connectivity index (χ2v) is 7.18. The molecule has 0 aliphatic heterocycles. The van der Waals surface area contributed by atoms with Crippen LogP contribution in [0.2, 0.25) is 0 Å². The normalized spacial score (nSPS) is 11.1. The fourth-order valence-corrected chi connectivity index (χ4v) is 3.21. The van der Waals surface area contributed by atoms with Gasteiger partial charge >= 0.3 is 5.69 Å². The van der Waals surface area contributed by atoms with E-state index < -0.39 is 11.2 Å². The number of hydrogen-bond donors (Lipinski definition) is 1. The number of amides is 1. The summed E-state index contributed by atoms with van der Waals surface area (Å²) >= 11 is 0. The van der Waals surface area contributed by atoms with E-state index in [4.69, 9.17) is 9.47 Å². The number of benzene rings is 1. The van der Waals surface area contributed by atoms with Gasteiger partial charge in [0.25, 0.3) is 5.56 Å². The van der Waals surface area contributed by atoms with Crippen molar-refractivity contribution in [2.75, 3.05) is 20.3 Å². The van der Waals surface area contributed by atoms with Crippen LogP contribution >= 0.6 is 0 Å². The first-order valence-electron chi connectivity index (χ1n) is 10.0. The Balaban J connectivity index is 1.50. The summed E-state index contributed by atoms with van der Waals surface area (Å²) in [5, 5.41) is 2.89. The van der Waals surface area contributed by atoms with Gasteiger partial charge in [-0.25, -0.2) is 9.78 Å². The highest BCUT2D eigenvalue weighted by molar-refractivity contribution is 5.75. The zero-order chi connectivity index (χ0) is 22.4. The number of aromatic nitrogens is 4. The Labute approximate surface area is 179 Å². The van der Waals surface area contributed by atoms with Gasteiger partial charge in [-0.1, -0.05) is 12.1 Å². The summed E-state index contributed by atoms with van der Waals surface area (Å²) in [5.74, 6) is 0.675. The maximum Gasteiger partial charge on any atom is 0.332 e. The summed E-state index contributed by atoms with van der Waals surface area (Å²) < 4.78 is 14.5. The minimum atomic E-state index is -0.420. The van der Waals surface area contributed by atoms with E-state index in [1.165, 1.54) is 17.9 Å². The molecule has 0 unspecified atom stereocenters. The molecule has 0 radical (unpaired) electrons. The number of fused-ring (bicyclic) bond motifs is 1. The first-order chi connectivity index (χ1) is 14.9. The molecule has 0 fully saturated rings. The van der Waals surface area contributed by atoms with Gasteiger partial charge in [-0.15, -0.1) is 0 Å². The molecule has 1 amide bonds. The molecule has 0 aliphatic carbocycles. The summed E-state index contributed by atoms with van der Waals surface area (Å²) in [6.07, 6.45) is 2.37. The lowest BCUT2D eigenvalue weighted by molar-refractivity contribution is -0.121. The fourth-order valence-electron chi connectivity index (χ4n) is 3.21. The minimum Gasteiger partial charge on any atom is -0.491 e. The molecule has 2 aromatic heterocycles. The fraction of sp³-hybridized carbons (Fsp3) is 0.429. The van der Waals surface area contributed by atoms with Crippen LogP contribution < -0.4 is 21.3 Å². The highest BCUT2D eigenvalue weighted by atomic mass is 16.5. The maximum absolute atomic E-state index is 12.4. The van der Waals surface area contributed by atoms with E-state index in [2.05, 4.69) is 10.3 Å². The van der Waals surface area contributed by atoms with Gasteiger partial charge in [0.2, 0.25) is 5.91 Å². The molecular formula is C21H27N5O5. The quantitative estimate of drug-likeness (QED) is 0.472. The molecule has 0 aliphatic rings. The van der Waals surface area contributed by atoms with Crippen molar-refractivity contribution in [3.8, 4) is 5.75 Å². The van der Waals surface area contributed by atoms with Crippen molar-refractivity contribution < 1.29 is 14.3 Å². The summed E-state index contributed by atoms with van der Waals surface area (Å²) in [5.41, 5.74) is 0.855. The van der Waals surface area contributed by atoms with Crippen molar-refractivity contribution >= 4 is 17.1 Å². The van der Waals surface area contributed by atoms with Gasteiger partial charge in [0.05, 0.1) is 12.9 Å². The number of nitrogens with zero attached hydrogens (tertiary/aromatic N) is 4. The molecule has 166 valence electrons. The van der Waals surface area contributed by atoms with Crippen molar-refractivity contribution in [3.05, 3.63) is 57.0 Å². The molecule has 10 heteroatoms. The molecular weight excluding hydrogens is 402 g/mol. The van der Waals surface area contributed by atoms with Crippen LogP contribution in [0.3, 0.4) is 0 Å². The van der Waals surface area contributed by atoms with Crippen LogP contribution in [0.4, 0.5) is 0 Å². The van der Waals surface area contributed by atoms with Crippen molar-refractivity contribution in [2.45, 2.75) is 25.9 Å². The van der Waals surface area contributed by atoms with E-state index >= 15 is 0 Å². The van der Waals surface area contributed by atoms with Crippen LogP contribution in [-0.4, -0.2) is 44.9 Å². The van der Waals surface area contributed by atoms with E-state index in [1.807, 2.05) is 24.3 Å². The first-order valence-corrected chi connectivity index (χ1v) is 10.0. The van der Waals surface area contributed by atoms with E-state index in [0.29, 0.717) is 50.3 Å². The maximum atomic E-state index is 12.4. The van der Waals surface area contributed by atoms with Crippen LogP contribution in [0.5, 0.6) is 5.75 Å². The summed E-state index contributed by atoms with van der Waals surface area (Å²) in [6, 6.07) is 7.52. The highest BCUT2D eigenvalue weighted by Gasteiger charge is 2.14. The molecule has 3 aromatic rings. The third kappa shape index (κ3) is 5.21. The molecule has 0 saturated carbocycles. The van der Waals surface area contributed by atoms with E-state index in [1.54, 1.807) is 18.7 Å². The molecule has 1 N–H and O–H groups in total. The van der Waals surface area contributed by atoms with Crippen LogP contribution in [0, 0.1) is 0 Å². The molecule has 1 aromatic carbocycles. The van der Waals surface area contributed by atoms with Gasteiger partial charge in [0, 0.05) is 40.7 Å². The lowest BCUT2D eigenvalue weighted by atomic mass is 10.2. The number of imidazole rings is 1. The van der Waals surface area contributed by atoms with Crippen LogP contribution in [0.1, 0.15) is 18.4 Å². The Morgan fingerprint density at radius 2 is 1.84 bits per heavy atom. The molecule has 2 heterocycles. The van der Waals surface area contributed by atoms with Gasteiger partial charge in [-0.05, 0) is 24.1 Å². The first kappa shape index (κ1) is 22.3. The molecule has 3 rings (SSSR count). The van der Waals surface area contributed by atoms with Crippen LogP contribution in [0.25, 0.3) is 11.2 Å². The lowest BCUT2D eigenvalue weighted by Gasteiger charge is -2.09. The largest absolute Gasteiger partial charge is 0.491 e. The number of carbonyl (C=O) groups excluding carboxylic acids is 1. The van der Waals surface area contributed by atoms with Gasteiger partial charge in [0.15, 0.2) is 11.2 Å². The third-order valence-corrected chi connectivity index (χ3v) is 4.99. The molecule has 31 heavy (non-hydrogen) atoms. The van der Waals surface area contributed by atoms with E-state index in [9.17, 15) is 14.4 Å². The number of hydrogen-bond acceptors (Lipinski definition) is 6. The zero-order valence-electron chi connectivity index (χ0n) is 18.0. The SMILES string of the molecule is COCCOc1ccc(CNC(=O)CCCn2cnc3c2c(=O)n(C)c(=O)n3C)cc1. The zero-order valence-corrected chi connectivity index (χ0v) is 18.0. The van der Waals surface area contributed by atoms with Crippen molar-refractivity contribution in [3.63, 3.8) is 0 Å². The third-order valence-electron chi connectivity index (χ3n) is 4.99. The van der Waals surface area contributed by atoms with Crippen molar-refractivity contribution in [1.29, 1.82) is 0 Å². The number of aryl methyl sites for hydroxylation is 2. The summed E-state index contributed by atoms with van der Waals surface area (Å²) in [7, 11) is 4.64. The standard InChI is InChI=1S/C21H27N5O5/c1-24-19-18(20(28)25(2)21(24)29)26(14-23-19)10-4-5-17(27)22-13-15-6-8-16(9-7-15)31-12-11-30-3/h6-9,14H,4-5,10-13H2,1-3H3,(H,22,27). The number of rotatable bonds is 10. The topological polar surface area (TPSA) is 109 Å². The van der Waals surface area contributed by atoms with Gasteiger partial charge in [-0.2, -0.15) is 0 Å². The molecule has 0 spiro atoms. The Hall–Kier alpha value is -3.40. The molecule has 10 nitrogen and oxygen atoms in total. The monoisotopic (exact) mass is 429 g/mol. The number of methoxy groups -OCH3 is 1. The van der Waals surface area contributed by atoms with Crippen LogP contribution in [-0.2, 0) is 36.7 Å². The van der Waals surface area contributed by atoms with Gasteiger partial charge in [-0.3, -0.25) is 18.7 Å². The summed E-state index contributed by atoms with van der Waals surface area (Å²) in [4.78, 5) is 40.8. The highest BCUT2D eigenvalue weighted by Crippen LogP contribution is 2.12. The average molecular weight is 429 g/mol. The number of carbonyl (C=O) groups is 1. The van der Waals surface area contributed by atoms with Gasteiger partial charge in [0.1, 0.15) is 12.4 Å². The average Bonchev–Trinajstić information content (AvgIpc) is 3.20. The van der Waals surface area contributed by atoms with E-state index in [-0.39, 0.29) is 5.91 Å². The lowest BCUT2D eigenvalue weighted by Crippen LogP contribution is -2.37. The predicted octanol–water partition coefficient (Wildman–Crippen LogP) is 0.556. The molecule has 0 bridgehead atoms. The van der Waals surface area contributed by atoms with Crippen molar-refractivity contribution in [2.24, 2.45) is 14.1 Å². The number of ether oxygens (including phenoxy) is 2. The Morgan fingerprint density at radius 3 is 2.55 bits per heavy atom. The summed E-state index contributed by atoms with van der Waals surface area (Å²) in [6.45, 7) is 1.89. The van der Waals surface area contributed by atoms with E-state index in [0.717, 1.165) is 15.9 Å². The molecule has 0 saturated heterocycles.